The van der Waals surface area contributed by atoms with Crippen LogP contribution in [0.5, 0.6) is 0 Å². The average molecular weight is 272 g/mol. The van der Waals surface area contributed by atoms with E-state index in [1.807, 2.05) is 18.2 Å². The molecule has 1 unspecified atom stereocenters. The van der Waals surface area contributed by atoms with Crippen molar-refractivity contribution in [1.82, 2.24) is 15.5 Å². The summed E-state index contributed by atoms with van der Waals surface area (Å²) in [5.41, 5.74) is 1.49. The molecule has 0 bridgehead atoms. The molecule has 20 heavy (non-hydrogen) atoms. The fourth-order valence-electron chi connectivity index (χ4n) is 2.90. The van der Waals surface area contributed by atoms with E-state index in [4.69, 9.17) is 0 Å². The smallest absolute Gasteiger partial charge is 0.231 e. The van der Waals surface area contributed by atoms with E-state index in [0.717, 1.165) is 48.9 Å². The lowest BCUT2D eigenvalue weighted by Crippen LogP contribution is -2.47. The number of benzene rings is 1. The number of hydrogen-bond acceptors (Lipinski definition) is 3. The molecule has 1 saturated heterocycles. The van der Waals surface area contributed by atoms with Gasteiger partial charge in [0.05, 0.1) is 17.1 Å². The summed E-state index contributed by atoms with van der Waals surface area (Å²) in [6.45, 7) is 3.86. The summed E-state index contributed by atoms with van der Waals surface area (Å²) in [4.78, 5) is 12.6. The number of rotatable bonds is 3. The standard InChI is InChI=1S/C15H20N4O/c1-2-15(6-3-7-16-10-15)14(20)18-12-5-4-11-9-17-19-13(11)8-12/h4-5,8-9,16H,2-3,6-7,10H2,1H3,(H,17,19)(H,18,20). The van der Waals surface area contributed by atoms with Crippen LogP contribution in [0.2, 0.25) is 0 Å². The van der Waals surface area contributed by atoms with E-state index in [1.165, 1.54) is 0 Å². The molecule has 1 aliphatic rings. The summed E-state index contributed by atoms with van der Waals surface area (Å²) < 4.78 is 0. The van der Waals surface area contributed by atoms with E-state index >= 15 is 0 Å². The van der Waals surface area contributed by atoms with Crippen LogP contribution in [0.25, 0.3) is 10.9 Å². The number of anilines is 1. The minimum atomic E-state index is -0.277. The number of carbonyl (C=O) groups excluding carboxylic acids is 1. The number of H-pyrrole nitrogens is 1. The lowest BCUT2D eigenvalue weighted by atomic mass is 9.77. The number of nitrogens with zero attached hydrogens (tertiary/aromatic N) is 1. The zero-order chi connectivity index (χ0) is 14.0. The van der Waals surface area contributed by atoms with Crippen LogP contribution in [-0.4, -0.2) is 29.2 Å². The van der Waals surface area contributed by atoms with Crippen molar-refractivity contribution in [2.45, 2.75) is 26.2 Å². The first-order valence-corrected chi connectivity index (χ1v) is 7.19. The Bertz CT molecular complexity index is 613. The third kappa shape index (κ3) is 2.29. The van der Waals surface area contributed by atoms with Crippen molar-refractivity contribution >= 4 is 22.5 Å². The zero-order valence-corrected chi connectivity index (χ0v) is 11.7. The van der Waals surface area contributed by atoms with Gasteiger partial charge in [-0.2, -0.15) is 5.10 Å². The van der Waals surface area contributed by atoms with Gasteiger partial charge in [0, 0.05) is 17.6 Å². The maximum absolute atomic E-state index is 12.6. The second kappa shape index (κ2) is 5.25. The molecule has 1 aromatic carbocycles. The first-order valence-electron chi connectivity index (χ1n) is 7.19. The van der Waals surface area contributed by atoms with Crippen molar-refractivity contribution in [3.63, 3.8) is 0 Å². The predicted molar refractivity (Wildman–Crippen MR) is 79.6 cm³/mol. The van der Waals surface area contributed by atoms with Gasteiger partial charge < -0.3 is 10.6 Å². The van der Waals surface area contributed by atoms with Crippen LogP contribution >= 0.6 is 0 Å². The largest absolute Gasteiger partial charge is 0.325 e. The van der Waals surface area contributed by atoms with Gasteiger partial charge in [-0.05, 0) is 44.0 Å². The summed E-state index contributed by atoms with van der Waals surface area (Å²) in [5, 5.41) is 14.4. The highest BCUT2D eigenvalue weighted by Gasteiger charge is 2.37. The molecule has 1 atom stereocenters. The van der Waals surface area contributed by atoms with Crippen LogP contribution in [0.4, 0.5) is 5.69 Å². The van der Waals surface area contributed by atoms with Gasteiger partial charge in [-0.25, -0.2) is 0 Å². The monoisotopic (exact) mass is 272 g/mol. The Morgan fingerprint density at radius 3 is 3.15 bits per heavy atom. The maximum Gasteiger partial charge on any atom is 0.231 e. The van der Waals surface area contributed by atoms with Gasteiger partial charge in [-0.15, -0.1) is 0 Å². The van der Waals surface area contributed by atoms with E-state index in [-0.39, 0.29) is 11.3 Å². The number of aromatic amines is 1. The van der Waals surface area contributed by atoms with Gasteiger partial charge in [0.2, 0.25) is 5.91 Å². The van der Waals surface area contributed by atoms with Crippen molar-refractivity contribution in [1.29, 1.82) is 0 Å². The minimum Gasteiger partial charge on any atom is -0.325 e. The Labute approximate surface area is 118 Å². The quantitative estimate of drug-likeness (QED) is 0.803. The lowest BCUT2D eigenvalue weighted by molar-refractivity contribution is -0.126. The highest BCUT2D eigenvalue weighted by Crippen LogP contribution is 2.31. The molecule has 0 saturated carbocycles. The second-order valence-corrected chi connectivity index (χ2v) is 5.54. The molecule has 0 spiro atoms. The minimum absolute atomic E-state index is 0.117. The molecule has 1 aliphatic heterocycles. The van der Waals surface area contributed by atoms with Crippen molar-refractivity contribution in [2.24, 2.45) is 5.41 Å². The van der Waals surface area contributed by atoms with E-state index in [9.17, 15) is 4.79 Å². The SMILES string of the molecule is CCC1(C(=O)Nc2ccc3cn[nH]c3c2)CCCNC1. The molecule has 2 heterocycles. The highest BCUT2D eigenvalue weighted by atomic mass is 16.2. The molecule has 1 fully saturated rings. The number of aromatic nitrogens is 2. The topological polar surface area (TPSA) is 69.8 Å². The summed E-state index contributed by atoms with van der Waals surface area (Å²) in [5.74, 6) is 0.117. The van der Waals surface area contributed by atoms with Gasteiger partial charge in [0.25, 0.3) is 0 Å². The first-order chi connectivity index (χ1) is 9.73. The van der Waals surface area contributed by atoms with Crippen molar-refractivity contribution in [3.05, 3.63) is 24.4 Å². The molecular weight excluding hydrogens is 252 g/mol. The summed E-state index contributed by atoms with van der Waals surface area (Å²) in [7, 11) is 0. The lowest BCUT2D eigenvalue weighted by Gasteiger charge is -2.35. The second-order valence-electron chi connectivity index (χ2n) is 5.54. The molecule has 5 heteroatoms. The molecule has 1 aromatic heterocycles. The van der Waals surface area contributed by atoms with E-state index in [1.54, 1.807) is 6.20 Å². The average Bonchev–Trinajstić information content (AvgIpc) is 2.95. The first kappa shape index (κ1) is 13.1. The zero-order valence-electron chi connectivity index (χ0n) is 11.7. The molecule has 2 aromatic rings. The Morgan fingerprint density at radius 1 is 1.50 bits per heavy atom. The summed E-state index contributed by atoms with van der Waals surface area (Å²) in [6.07, 6.45) is 4.65. The van der Waals surface area contributed by atoms with Crippen molar-refractivity contribution < 1.29 is 4.79 Å². The molecule has 106 valence electrons. The maximum atomic E-state index is 12.6. The number of amides is 1. The highest BCUT2D eigenvalue weighted by molar-refractivity contribution is 5.97. The Kier molecular flexibility index (Phi) is 3.44. The van der Waals surface area contributed by atoms with Crippen LogP contribution in [0.1, 0.15) is 26.2 Å². The molecule has 5 nitrogen and oxygen atoms in total. The van der Waals surface area contributed by atoms with Crippen LogP contribution in [0.3, 0.4) is 0 Å². The molecule has 1 amide bonds. The van der Waals surface area contributed by atoms with Gasteiger partial charge in [-0.3, -0.25) is 9.89 Å². The van der Waals surface area contributed by atoms with E-state index in [0.29, 0.717) is 0 Å². The number of carbonyl (C=O) groups is 1. The number of fused-ring (bicyclic) bond motifs is 1. The molecule has 0 radical (unpaired) electrons. The molecule has 3 rings (SSSR count). The number of nitrogens with one attached hydrogen (secondary N) is 3. The van der Waals surface area contributed by atoms with Crippen molar-refractivity contribution in [3.8, 4) is 0 Å². The Hall–Kier alpha value is -1.88. The predicted octanol–water partition coefficient (Wildman–Crippen LogP) is 2.28. The fraction of sp³-hybridized carbons (Fsp3) is 0.467. The van der Waals surface area contributed by atoms with Crippen LogP contribution in [-0.2, 0) is 4.79 Å². The summed E-state index contributed by atoms with van der Waals surface area (Å²) in [6, 6.07) is 5.82. The normalized spacial score (nSPS) is 22.9. The van der Waals surface area contributed by atoms with Crippen LogP contribution in [0, 0.1) is 5.41 Å². The van der Waals surface area contributed by atoms with E-state index in [2.05, 4.69) is 27.8 Å². The molecular formula is C15H20N4O. The Balaban J connectivity index is 1.80. The van der Waals surface area contributed by atoms with Gasteiger partial charge in [0.1, 0.15) is 0 Å². The third-order valence-corrected chi connectivity index (χ3v) is 4.33. The van der Waals surface area contributed by atoms with Crippen LogP contribution in [0.15, 0.2) is 24.4 Å². The summed E-state index contributed by atoms with van der Waals surface area (Å²) >= 11 is 0. The third-order valence-electron chi connectivity index (χ3n) is 4.33. The van der Waals surface area contributed by atoms with E-state index < -0.39 is 0 Å². The van der Waals surface area contributed by atoms with Gasteiger partial charge >= 0.3 is 0 Å². The fourth-order valence-corrected chi connectivity index (χ4v) is 2.90. The van der Waals surface area contributed by atoms with Crippen molar-refractivity contribution in [2.75, 3.05) is 18.4 Å². The van der Waals surface area contributed by atoms with Crippen LogP contribution < -0.4 is 10.6 Å². The number of piperidine rings is 1. The number of hydrogen-bond donors (Lipinski definition) is 3. The van der Waals surface area contributed by atoms with Gasteiger partial charge in [-0.1, -0.05) is 6.92 Å². The van der Waals surface area contributed by atoms with Gasteiger partial charge in [0.15, 0.2) is 0 Å². The molecule has 0 aliphatic carbocycles. The Morgan fingerprint density at radius 2 is 2.40 bits per heavy atom. The molecule has 3 N–H and O–H groups in total.